The van der Waals surface area contributed by atoms with Gasteiger partial charge in [-0.15, -0.1) is 0 Å². The van der Waals surface area contributed by atoms with Gasteiger partial charge in [-0.3, -0.25) is 19.4 Å². The van der Waals surface area contributed by atoms with Crippen LogP contribution in [-0.2, 0) is 9.59 Å². The molecule has 0 unspecified atom stereocenters. The fourth-order valence-electron chi connectivity index (χ4n) is 7.92. The van der Waals surface area contributed by atoms with Crippen molar-refractivity contribution in [1.82, 2.24) is 19.6 Å². The highest BCUT2D eigenvalue weighted by molar-refractivity contribution is 5.87. The molecule has 0 spiro atoms. The lowest BCUT2D eigenvalue weighted by atomic mass is 9.80. The van der Waals surface area contributed by atoms with Crippen LogP contribution in [0.1, 0.15) is 91.9 Å². The van der Waals surface area contributed by atoms with Gasteiger partial charge in [-0.1, -0.05) is 25.7 Å². The molecule has 0 aromatic carbocycles. The minimum atomic E-state index is -0.598. The number of hydrogen-bond donors (Lipinski definition) is 2. The van der Waals surface area contributed by atoms with Crippen molar-refractivity contribution >= 4 is 11.8 Å². The van der Waals surface area contributed by atoms with E-state index in [1.165, 1.54) is 12.8 Å². The third-order valence-corrected chi connectivity index (χ3v) is 9.72. The molecule has 0 aromatic rings. The topological polar surface area (TPSA) is 87.6 Å². The summed E-state index contributed by atoms with van der Waals surface area (Å²) in [5.74, 6) is 0.363. The van der Waals surface area contributed by atoms with Crippen molar-refractivity contribution in [3.8, 4) is 0 Å². The lowest BCUT2D eigenvalue weighted by molar-refractivity contribution is -0.165. The number of rotatable bonds is 9. The molecule has 4 atom stereocenters. The lowest BCUT2D eigenvalue weighted by Gasteiger charge is -2.57. The number of aliphatic hydroxyl groups excluding tert-OH is 2. The summed E-state index contributed by atoms with van der Waals surface area (Å²) in [7, 11) is 0. The Bertz CT molecular complexity index is 724. The van der Waals surface area contributed by atoms with Crippen LogP contribution in [0.4, 0.5) is 0 Å². The first kappa shape index (κ1) is 27.8. The number of unbranched alkanes of at least 4 members (excludes halogenated alkanes) is 1. The summed E-state index contributed by atoms with van der Waals surface area (Å²) < 4.78 is 0. The van der Waals surface area contributed by atoms with Gasteiger partial charge in [-0.2, -0.15) is 0 Å². The maximum atomic E-state index is 13.6. The Morgan fingerprint density at radius 2 is 0.944 bits per heavy atom. The summed E-state index contributed by atoms with van der Waals surface area (Å²) in [6.45, 7) is 10.8. The highest BCUT2D eigenvalue weighted by Crippen LogP contribution is 2.39. The van der Waals surface area contributed by atoms with E-state index in [2.05, 4.69) is 19.6 Å². The summed E-state index contributed by atoms with van der Waals surface area (Å²) in [6, 6.07) is 1.11. The predicted molar refractivity (Wildman–Crippen MR) is 140 cm³/mol. The number of fused-ring (bicyclic) bond motifs is 2. The molecule has 4 aliphatic rings. The van der Waals surface area contributed by atoms with Crippen molar-refractivity contribution in [2.75, 3.05) is 39.4 Å². The quantitative estimate of drug-likeness (QED) is 0.467. The Hall–Kier alpha value is -1.22. The number of carbonyl (C=O) groups is 2. The predicted octanol–water partition coefficient (Wildman–Crippen LogP) is 2.22. The number of carbonyl (C=O) groups excluding carboxylic acids is 2. The van der Waals surface area contributed by atoms with Gasteiger partial charge in [-0.05, 0) is 66.2 Å². The number of nitrogens with zero attached hydrogens (tertiary/aromatic N) is 4. The van der Waals surface area contributed by atoms with Gasteiger partial charge in [0.25, 0.3) is 0 Å². The van der Waals surface area contributed by atoms with Crippen molar-refractivity contribution in [3.63, 3.8) is 0 Å². The van der Waals surface area contributed by atoms with Gasteiger partial charge in [0.1, 0.15) is 0 Å². The Labute approximate surface area is 218 Å². The molecule has 0 bridgehead atoms. The van der Waals surface area contributed by atoms with Gasteiger partial charge in [0.05, 0.1) is 24.3 Å². The number of amides is 2. The molecular weight excluding hydrogens is 456 g/mol. The highest BCUT2D eigenvalue weighted by atomic mass is 16.3. The molecule has 36 heavy (non-hydrogen) atoms. The average molecular weight is 507 g/mol. The number of hydrogen-bond acceptors (Lipinski definition) is 6. The van der Waals surface area contributed by atoms with Crippen LogP contribution in [-0.4, -0.2) is 116 Å². The van der Waals surface area contributed by atoms with Crippen molar-refractivity contribution in [2.24, 2.45) is 0 Å². The van der Waals surface area contributed by atoms with E-state index < -0.39 is 11.1 Å². The molecule has 8 nitrogen and oxygen atoms in total. The molecule has 0 radical (unpaired) electrons. The molecule has 2 N–H and O–H groups in total. The van der Waals surface area contributed by atoms with Crippen LogP contribution in [0.15, 0.2) is 0 Å². The van der Waals surface area contributed by atoms with Crippen molar-refractivity contribution in [3.05, 3.63) is 0 Å². The normalized spacial score (nSPS) is 32.9. The lowest BCUT2D eigenvalue weighted by Crippen LogP contribution is -2.72. The first-order valence-corrected chi connectivity index (χ1v) is 14.5. The molecule has 2 aliphatic carbocycles. The zero-order valence-electron chi connectivity index (χ0n) is 23.1. The Morgan fingerprint density at radius 1 is 0.611 bits per heavy atom. The van der Waals surface area contributed by atoms with E-state index in [0.717, 1.165) is 64.5 Å². The maximum Gasteiger partial charge on any atom is 0.242 e. The van der Waals surface area contributed by atoms with Crippen molar-refractivity contribution < 1.29 is 19.8 Å². The van der Waals surface area contributed by atoms with E-state index in [1.54, 1.807) is 0 Å². The van der Waals surface area contributed by atoms with Gasteiger partial charge in [0, 0.05) is 50.3 Å². The summed E-state index contributed by atoms with van der Waals surface area (Å²) >= 11 is 0. The van der Waals surface area contributed by atoms with Gasteiger partial charge in [0.15, 0.2) is 0 Å². The van der Waals surface area contributed by atoms with Gasteiger partial charge >= 0.3 is 0 Å². The third-order valence-electron chi connectivity index (χ3n) is 9.72. The SMILES string of the molecule is CC1(C)C(=O)N(CCCCN2C(=O)C(C)(C)N(CCO)[C@H]3CCCC[C@@H]32)[C@H]2CCCC[C@@H]2N1CCO. The molecule has 4 fully saturated rings. The molecule has 2 saturated heterocycles. The zero-order chi connectivity index (χ0) is 26.1. The van der Waals surface area contributed by atoms with E-state index in [9.17, 15) is 19.8 Å². The van der Waals surface area contributed by atoms with Crippen LogP contribution in [0, 0.1) is 0 Å². The van der Waals surface area contributed by atoms with Crippen molar-refractivity contribution in [2.45, 2.75) is 127 Å². The summed E-state index contributed by atoms with van der Waals surface area (Å²) in [5.41, 5.74) is -1.20. The van der Waals surface area contributed by atoms with E-state index in [0.29, 0.717) is 25.2 Å². The maximum absolute atomic E-state index is 13.6. The first-order valence-electron chi connectivity index (χ1n) is 14.5. The summed E-state index contributed by atoms with van der Waals surface area (Å²) in [5, 5.41) is 19.3. The molecule has 2 amide bonds. The first-order chi connectivity index (χ1) is 17.2. The van der Waals surface area contributed by atoms with Crippen LogP contribution in [0.25, 0.3) is 0 Å². The number of aliphatic hydroxyl groups is 2. The van der Waals surface area contributed by atoms with Crippen LogP contribution < -0.4 is 0 Å². The molecular formula is C28H50N4O4. The van der Waals surface area contributed by atoms with Crippen LogP contribution in [0.5, 0.6) is 0 Å². The molecule has 4 rings (SSSR count). The van der Waals surface area contributed by atoms with Crippen LogP contribution in [0.3, 0.4) is 0 Å². The fraction of sp³-hybridized carbons (Fsp3) is 0.929. The second-order valence-electron chi connectivity index (χ2n) is 12.5. The average Bonchev–Trinajstić information content (AvgIpc) is 2.86. The second-order valence-corrected chi connectivity index (χ2v) is 12.5. The molecule has 2 aliphatic heterocycles. The number of piperazine rings is 2. The largest absolute Gasteiger partial charge is 0.395 e. The van der Waals surface area contributed by atoms with Gasteiger partial charge < -0.3 is 20.0 Å². The van der Waals surface area contributed by atoms with E-state index in [-0.39, 0.29) is 37.1 Å². The third kappa shape index (κ3) is 4.95. The highest BCUT2D eigenvalue weighted by Gasteiger charge is 2.52. The molecule has 206 valence electrons. The van der Waals surface area contributed by atoms with E-state index in [1.807, 2.05) is 27.7 Å². The Kier molecular flexibility index (Phi) is 8.70. The molecule has 2 heterocycles. The molecule has 2 saturated carbocycles. The Morgan fingerprint density at radius 3 is 1.28 bits per heavy atom. The van der Waals surface area contributed by atoms with Crippen molar-refractivity contribution in [1.29, 1.82) is 0 Å². The fourth-order valence-corrected chi connectivity index (χ4v) is 7.92. The molecule has 0 aromatic heterocycles. The monoisotopic (exact) mass is 506 g/mol. The van der Waals surface area contributed by atoms with Gasteiger partial charge in [-0.25, -0.2) is 0 Å². The van der Waals surface area contributed by atoms with E-state index >= 15 is 0 Å². The standard InChI is InChI=1S/C28H50N4O4/c1-27(2)25(35)29(21-11-5-7-13-23(21)31(27)17-19-33)15-9-10-16-30-22-12-6-8-14-24(22)32(18-20-34)28(3,4)26(30)36/h21-24,33-34H,5-20H2,1-4H3/t21-,22-,23-,24-/m0/s1. The van der Waals surface area contributed by atoms with Crippen LogP contribution >= 0.6 is 0 Å². The zero-order valence-corrected chi connectivity index (χ0v) is 23.1. The minimum Gasteiger partial charge on any atom is -0.395 e. The number of β-amino-alcohol motifs (C(OH)–C–C–N with tert-alkyl or cyclic N) is 2. The second kappa shape index (κ2) is 11.3. The smallest absolute Gasteiger partial charge is 0.242 e. The van der Waals surface area contributed by atoms with E-state index in [4.69, 9.17) is 0 Å². The summed E-state index contributed by atoms with van der Waals surface area (Å²) in [4.78, 5) is 36.0. The molecule has 8 heteroatoms. The Balaban J connectivity index is 1.41. The van der Waals surface area contributed by atoms with Crippen LogP contribution in [0.2, 0.25) is 0 Å². The van der Waals surface area contributed by atoms with Gasteiger partial charge in [0.2, 0.25) is 11.8 Å². The summed E-state index contributed by atoms with van der Waals surface area (Å²) in [6.07, 6.45) is 10.7. The minimum absolute atomic E-state index is 0.0814.